The molecule has 0 atom stereocenters. The van der Waals surface area contributed by atoms with Crippen molar-refractivity contribution in [1.29, 1.82) is 0 Å². The van der Waals surface area contributed by atoms with Crippen molar-refractivity contribution in [2.24, 2.45) is 0 Å². The Bertz CT molecular complexity index is 706. The van der Waals surface area contributed by atoms with Gasteiger partial charge in [-0.15, -0.1) is 0 Å². The third-order valence-electron chi connectivity index (χ3n) is 3.27. The first-order valence-electron chi connectivity index (χ1n) is 6.63. The summed E-state index contributed by atoms with van der Waals surface area (Å²) in [5, 5.41) is 9.14. The van der Waals surface area contributed by atoms with Crippen molar-refractivity contribution in [3.05, 3.63) is 59.2 Å². The van der Waals surface area contributed by atoms with Crippen LogP contribution in [0.3, 0.4) is 0 Å². The fourth-order valence-corrected chi connectivity index (χ4v) is 2.18. The van der Waals surface area contributed by atoms with E-state index in [0.717, 1.165) is 5.56 Å². The number of hydrogen-bond donors (Lipinski definition) is 1. The number of hydrogen-bond acceptors (Lipinski definition) is 4. The predicted molar refractivity (Wildman–Crippen MR) is 81.0 cm³/mol. The lowest BCUT2D eigenvalue weighted by molar-refractivity contribution is 0.0692. The second-order valence-electron chi connectivity index (χ2n) is 4.64. The molecule has 0 radical (unpaired) electrons. The minimum absolute atomic E-state index is 0.00739. The highest BCUT2D eigenvalue weighted by molar-refractivity contribution is 6.06. The van der Waals surface area contributed by atoms with Crippen molar-refractivity contribution in [2.75, 3.05) is 14.2 Å². The summed E-state index contributed by atoms with van der Waals surface area (Å²) in [6.07, 6.45) is 0.0879. The third-order valence-corrected chi connectivity index (χ3v) is 3.27. The standard InChI is InChI=1S/C17H16O5/c1-21-15-8-7-11(10-16(15)22-2)9-14(18)12-5-3-4-6-13(12)17(19)20/h3-8,10H,9H2,1-2H3,(H,19,20). The maximum absolute atomic E-state index is 12.4. The molecule has 0 aliphatic carbocycles. The number of methoxy groups -OCH3 is 2. The lowest BCUT2D eigenvalue weighted by Crippen LogP contribution is -2.10. The molecule has 0 unspecified atom stereocenters. The average molecular weight is 300 g/mol. The molecule has 5 nitrogen and oxygen atoms in total. The Labute approximate surface area is 128 Å². The van der Waals surface area contributed by atoms with Gasteiger partial charge in [-0.25, -0.2) is 4.79 Å². The first kappa shape index (κ1) is 15.6. The minimum atomic E-state index is -1.11. The van der Waals surface area contributed by atoms with Crippen molar-refractivity contribution in [3.63, 3.8) is 0 Å². The number of rotatable bonds is 6. The lowest BCUT2D eigenvalue weighted by Gasteiger charge is -2.10. The smallest absolute Gasteiger partial charge is 0.336 e. The molecule has 0 spiro atoms. The molecule has 0 fully saturated rings. The molecule has 0 amide bonds. The summed E-state index contributed by atoms with van der Waals surface area (Å²) in [4.78, 5) is 23.5. The van der Waals surface area contributed by atoms with Gasteiger partial charge in [0.1, 0.15) is 0 Å². The van der Waals surface area contributed by atoms with Crippen LogP contribution in [0.25, 0.3) is 0 Å². The van der Waals surface area contributed by atoms with Crippen LogP contribution in [0.5, 0.6) is 11.5 Å². The highest BCUT2D eigenvalue weighted by Crippen LogP contribution is 2.28. The van der Waals surface area contributed by atoms with Gasteiger partial charge < -0.3 is 14.6 Å². The van der Waals surface area contributed by atoms with Crippen molar-refractivity contribution >= 4 is 11.8 Å². The molecule has 0 aliphatic heterocycles. The zero-order valence-corrected chi connectivity index (χ0v) is 12.3. The van der Waals surface area contributed by atoms with Gasteiger partial charge in [0, 0.05) is 12.0 Å². The van der Waals surface area contributed by atoms with Crippen molar-refractivity contribution in [3.8, 4) is 11.5 Å². The monoisotopic (exact) mass is 300 g/mol. The molecule has 22 heavy (non-hydrogen) atoms. The average Bonchev–Trinajstić information content (AvgIpc) is 2.54. The van der Waals surface area contributed by atoms with Crippen LogP contribution in [0.1, 0.15) is 26.3 Å². The Morgan fingerprint density at radius 3 is 2.18 bits per heavy atom. The van der Waals surface area contributed by atoms with Crippen molar-refractivity contribution < 1.29 is 24.2 Å². The topological polar surface area (TPSA) is 72.8 Å². The van der Waals surface area contributed by atoms with Gasteiger partial charge >= 0.3 is 5.97 Å². The summed E-state index contributed by atoms with van der Waals surface area (Å²) in [6, 6.07) is 11.4. The second-order valence-corrected chi connectivity index (χ2v) is 4.64. The van der Waals surface area contributed by atoms with Crippen LogP contribution >= 0.6 is 0 Å². The number of carboxylic acids is 1. The molecule has 1 N–H and O–H groups in total. The summed E-state index contributed by atoms with van der Waals surface area (Å²) in [5.74, 6) is -0.273. The van der Waals surface area contributed by atoms with E-state index in [1.54, 1.807) is 30.3 Å². The van der Waals surface area contributed by atoms with Crippen LogP contribution in [0.15, 0.2) is 42.5 Å². The number of ether oxygens (including phenoxy) is 2. The Balaban J connectivity index is 2.28. The van der Waals surface area contributed by atoms with Crippen LogP contribution in [-0.2, 0) is 6.42 Å². The van der Waals surface area contributed by atoms with E-state index in [4.69, 9.17) is 14.6 Å². The second kappa shape index (κ2) is 6.76. The summed E-state index contributed by atoms with van der Waals surface area (Å²) < 4.78 is 10.3. The van der Waals surface area contributed by atoms with E-state index in [2.05, 4.69) is 0 Å². The van der Waals surface area contributed by atoms with Gasteiger partial charge in [0.2, 0.25) is 0 Å². The summed E-state index contributed by atoms with van der Waals surface area (Å²) in [7, 11) is 3.05. The van der Waals surface area contributed by atoms with E-state index in [9.17, 15) is 9.59 Å². The molecule has 2 aromatic rings. The number of benzene rings is 2. The van der Waals surface area contributed by atoms with Gasteiger partial charge in [0.15, 0.2) is 17.3 Å². The molecular weight excluding hydrogens is 284 g/mol. The van der Waals surface area contributed by atoms with Crippen LogP contribution in [-0.4, -0.2) is 31.1 Å². The number of carbonyl (C=O) groups is 2. The number of ketones is 1. The SMILES string of the molecule is COc1ccc(CC(=O)c2ccccc2C(=O)O)cc1OC. The maximum Gasteiger partial charge on any atom is 0.336 e. The Hall–Kier alpha value is -2.82. The summed E-state index contributed by atoms with van der Waals surface area (Å²) in [5.41, 5.74) is 0.931. The predicted octanol–water partition coefficient (Wildman–Crippen LogP) is 2.83. The van der Waals surface area contributed by atoms with Crippen LogP contribution in [0, 0.1) is 0 Å². The van der Waals surface area contributed by atoms with E-state index in [1.807, 2.05) is 0 Å². The van der Waals surface area contributed by atoms with E-state index in [1.165, 1.54) is 26.4 Å². The normalized spacial score (nSPS) is 10.1. The Kier molecular flexibility index (Phi) is 4.78. The zero-order chi connectivity index (χ0) is 16.1. The molecule has 2 rings (SSSR count). The first-order valence-corrected chi connectivity index (χ1v) is 6.63. The molecular formula is C17H16O5. The minimum Gasteiger partial charge on any atom is -0.493 e. The number of aromatic carboxylic acids is 1. The van der Waals surface area contributed by atoms with Gasteiger partial charge in [0.05, 0.1) is 19.8 Å². The van der Waals surface area contributed by atoms with Crippen molar-refractivity contribution in [2.45, 2.75) is 6.42 Å². The largest absolute Gasteiger partial charge is 0.493 e. The van der Waals surface area contributed by atoms with Crippen LogP contribution in [0.4, 0.5) is 0 Å². The van der Waals surface area contributed by atoms with Gasteiger partial charge in [-0.2, -0.15) is 0 Å². The quantitative estimate of drug-likeness (QED) is 0.830. The van der Waals surface area contributed by atoms with E-state index in [-0.39, 0.29) is 23.3 Å². The molecule has 2 aromatic carbocycles. The van der Waals surface area contributed by atoms with Gasteiger partial charge in [-0.1, -0.05) is 24.3 Å². The number of Topliss-reactive ketones (excluding diaryl/α,β-unsaturated/α-hetero) is 1. The third kappa shape index (κ3) is 3.25. The Morgan fingerprint density at radius 1 is 0.955 bits per heavy atom. The fraction of sp³-hybridized carbons (Fsp3) is 0.176. The van der Waals surface area contributed by atoms with Crippen molar-refractivity contribution in [1.82, 2.24) is 0 Å². The zero-order valence-electron chi connectivity index (χ0n) is 12.3. The van der Waals surface area contributed by atoms with Crippen LogP contribution < -0.4 is 9.47 Å². The molecule has 0 heterocycles. The molecule has 114 valence electrons. The Morgan fingerprint density at radius 2 is 1.59 bits per heavy atom. The molecule has 0 bridgehead atoms. The van der Waals surface area contributed by atoms with Gasteiger partial charge in [-0.05, 0) is 23.8 Å². The molecule has 0 aliphatic rings. The molecule has 5 heteroatoms. The maximum atomic E-state index is 12.4. The molecule has 0 aromatic heterocycles. The van der Waals surface area contributed by atoms with Gasteiger partial charge in [0.25, 0.3) is 0 Å². The highest BCUT2D eigenvalue weighted by Gasteiger charge is 2.16. The lowest BCUT2D eigenvalue weighted by atomic mass is 9.98. The summed E-state index contributed by atoms with van der Waals surface area (Å²) >= 11 is 0. The number of carboxylic acid groups (broad SMARTS) is 1. The van der Waals surface area contributed by atoms with Gasteiger partial charge in [-0.3, -0.25) is 4.79 Å². The molecule has 0 saturated carbocycles. The number of carbonyl (C=O) groups excluding carboxylic acids is 1. The first-order chi connectivity index (χ1) is 10.6. The van der Waals surface area contributed by atoms with E-state index in [0.29, 0.717) is 11.5 Å². The fourth-order valence-electron chi connectivity index (χ4n) is 2.18. The highest BCUT2D eigenvalue weighted by atomic mass is 16.5. The van der Waals surface area contributed by atoms with E-state index >= 15 is 0 Å². The van der Waals surface area contributed by atoms with Crippen LogP contribution in [0.2, 0.25) is 0 Å². The summed E-state index contributed by atoms with van der Waals surface area (Å²) in [6.45, 7) is 0. The molecule has 0 saturated heterocycles. The van der Waals surface area contributed by atoms with E-state index < -0.39 is 5.97 Å².